The van der Waals surface area contributed by atoms with E-state index in [1.165, 1.54) is 32.1 Å². The Kier molecular flexibility index (Phi) is 4.09. The average Bonchev–Trinajstić information content (AvgIpc) is 2.53. The van der Waals surface area contributed by atoms with Crippen molar-refractivity contribution in [1.29, 1.82) is 0 Å². The van der Waals surface area contributed by atoms with Crippen LogP contribution in [-0.2, 0) is 4.79 Å². The van der Waals surface area contributed by atoms with E-state index in [1.54, 1.807) is 0 Å². The van der Waals surface area contributed by atoms with Crippen LogP contribution in [0.15, 0.2) is 24.3 Å². The fourth-order valence-corrected chi connectivity index (χ4v) is 2.90. The van der Waals surface area contributed by atoms with Crippen molar-refractivity contribution in [2.75, 3.05) is 13.2 Å². The second kappa shape index (κ2) is 6.16. The zero-order valence-electron chi connectivity index (χ0n) is 11.6. The summed E-state index contributed by atoms with van der Waals surface area (Å²) in [6.45, 7) is 1.05. The van der Waals surface area contributed by atoms with E-state index in [4.69, 9.17) is 9.47 Å². The third-order valence-corrected chi connectivity index (χ3v) is 4.09. The molecule has 1 heterocycles. The summed E-state index contributed by atoms with van der Waals surface area (Å²) in [7, 11) is 0. The molecule has 2 aliphatic rings. The van der Waals surface area contributed by atoms with Gasteiger partial charge in [0.05, 0.1) is 0 Å². The van der Waals surface area contributed by atoms with Gasteiger partial charge in [0, 0.05) is 6.54 Å². The molecule has 1 aromatic rings. The number of rotatable bonds is 3. The van der Waals surface area contributed by atoms with E-state index in [2.05, 4.69) is 5.32 Å². The zero-order chi connectivity index (χ0) is 13.8. The molecule has 1 amide bonds. The maximum Gasteiger partial charge on any atom is 0.264 e. The lowest BCUT2D eigenvalue weighted by Gasteiger charge is -2.27. The number of hydrogen-bond donors (Lipinski definition) is 1. The van der Waals surface area contributed by atoms with Crippen LogP contribution in [0.25, 0.3) is 0 Å². The average molecular weight is 275 g/mol. The van der Waals surface area contributed by atoms with Crippen molar-refractivity contribution in [3.05, 3.63) is 24.3 Å². The second-order valence-corrected chi connectivity index (χ2v) is 5.61. The number of carbonyl (C=O) groups excluding carboxylic acids is 1. The summed E-state index contributed by atoms with van der Waals surface area (Å²) in [4.78, 5) is 12.1. The van der Waals surface area contributed by atoms with Crippen LogP contribution in [0.3, 0.4) is 0 Å². The number of benzene rings is 1. The Morgan fingerprint density at radius 2 is 1.90 bits per heavy atom. The first-order valence-corrected chi connectivity index (χ1v) is 7.49. The molecule has 0 aromatic heterocycles. The van der Waals surface area contributed by atoms with Gasteiger partial charge in [-0.2, -0.15) is 0 Å². The van der Waals surface area contributed by atoms with Gasteiger partial charge in [0.2, 0.25) is 6.10 Å². The third kappa shape index (κ3) is 3.06. The number of nitrogens with one attached hydrogen (secondary N) is 1. The Balaban J connectivity index is 1.51. The molecule has 0 unspecified atom stereocenters. The Labute approximate surface area is 119 Å². The summed E-state index contributed by atoms with van der Waals surface area (Å²) in [5.41, 5.74) is 0. The van der Waals surface area contributed by atoms with E-state index in [9.17, 15) is 4.79 Å². The fraction of sp³-hybridized carbons (Fsp3) is 0.562. The first-order valence-electron chi connectivity index (χ1n) is 7.49. The van der Waals surface area contributed by atoms with Crippen molar-refractivity contribution >= 4 is 5.91 Å². The van der Waals surface area contributed by atoms with E-state index in [0.717, 1.165) is 6.54 Å². The normalized spacial score (nSPS) is 22.3. The highest BCUT2D eigenvalue weighted by Crippen LogP contribution is 2.31. The van der Waals surface area contributed by atoms with Crippen molar-refractivity contribution in [1.82, 2.24) is 5.32 Å². The molecular weight excluding hydrogens is 254 g/mol. The van der Waals surface area contributed by atoms with Gasteiger partial charge in [0.15, 0.2) is 11.5 Å². The Bertz CT molecular complexity index is 469. The van der Waals surface area contributed by atoms with Gasteiger partial charge in [-0.25, -0.2) is 0 Å². The highest BCUT2D eigenvalue weighted by molar-refractivity contribution is 5.81. The highest BCUT2D eigenvalue weighted by Gasteiger charge is 2.27. The Hall–Kier alpha value is -1.71. The molecule has 3 rings (SSSR count). The largest absolute Gasteiger partial charge is 0.485 e. The first kappa shape index (κ1) is 13.3. The summed E-state index contributed by atoms with van der Waals surface area (Å²) in [6.07, 6.45) is 5.83. The molecule has 4 nitrogen and oxygen atoms in total. The molecule has 108 valence electrons. The molecule has 0 spiro atoms. The summed E-state index contributed by atoms with van der Waals surface area (Å²) < 4.78 is 11.3. The van der Waals surface area contributed by atoms with Gasteiger partial charge >= 0.3 is 0 Å². The molecule has 0 bridgehead atoms. The van der Waals surface area contributed by atoms with Crippen molar-refractivity contribution in [3.63, 3.8) is 0 Å². The number of hydrogen-bond acceptors (Lipinski definition) is 3. The third-order valence-electron chi connectivity index (χ3n) is 4.09. The molecule has 1 aliphatic heterocycles. The fourth-order valence-electron chi connectivity index (χ4n) is 2.90. The number of carbonyl (C=O) groups is 1. The predicted molar refractivity (Wildman–Crippen MR) is 75.9 cm³/mol. The molecule has 1 fully saturated rings. The predicted octanol–water partition coefficient (Wildman–Crippen LogP) is 2.52. The van der Waals surface area contributed by atoms with Gasteiger partial charge in [-0.3, -0.25) is 4.79 Å². The molecule has 1 atom stereocenters. The van der Waals surface area contributed by atoms with Crippen molar-refractivity contribution in [2.24, 2.45) is 5.92 Å². The lowest BCUT2D eigenvalue weighted by Crippen LogP contribution is -2.45. The van der Waals surface area contributed by atoms with Crippen LogP contribution in [0.5, 0.6) is 11.5 Å². The van der Waals surface area contributed by atoms with E-state index < -0.39 is 6.10 Å². The van der Waals surface area contributed by atoms with Gasteiger partial charge in [-0.15, -0.1) is 0 Å². The van der Waals surface area contributed by atoms with E-state index >= 15 is 0 Å². The minimum Gasteiger partial charge on any atom is -0.485 e. The Morgan fingerprint density at radius 3 is 2.70 bits per heavy atom. The van der Waals surface area contributed by atoms with Gasteiger partial charge in [-0.1, -0.05) is 31.4 Å². The van der Waals surface area contributed by atoms with E-state index in [1.807, 2.05) is 24.3 Å². The summed E-state index contributed by atoms with van der Waals surface area (Å²) in [6, 6.07) is 7.46. The molecule has 0 radical (unpaired) electrons. The van der Waals surface area contributed by atoms with Crippen LogP contribution >= 0.6 is 0 Å². The van der Waals surface area contributed by atoms with Gasteiger partial charge in [0.25, 0.3) is 5.91 Å². The lowest BCUT2D eigenvalue weighted by molar-refractivity contribution is -0.130. The van der Waals surface area contributed by atoms with E-state index in [-0.39, 0.29) is 12.5 Å². The smallest absolute Gasteiger partial charge is 0.264 e. The molecule has 1 aromatic carbocycles. The van der Waals surface area contributed by atoms with Crippen LogP contribution in [0.4, 0.5) is 0 Å². The molecule has 1 N–H and O–H groups in total. The minimum atomic E-state index is -0.534. The van der Waals surface area contributed by atoms with Gasteiger partial charge in [0.1, 0.15) is 6.61 Å². The molecule has 1 aliphatic carbocycles. The molecule has 1 saturated carbocycles. The van der Waals surface area contributed by atoms with Gasteiger partial charge < -0.3 is 14.8 Å². The topological polar surface area (TPSA) is 47.6 Å². The SMILES string of the molecule is O=C(NCC1CCCCC1)[C@@H]1COc2ccccc2O1. The van der Waals surface area contributed by atoms with Crippen LogP contribution in [0, 0.1) is 5.92 Å². The van der Waals surface area contributed by atoms with Crippen molar-refractivity contribution < 1.29 is 14.3 Å². The summed E-state index contributed by atoms with van der Waals surface area (Å²) in [5.74, 6) is 1.93. The zero-order valence-corrected chi connectivity index (χ0v) is 11.6. The minimum absolute atomic E-state index is 0.0647. The molecule has 0 saturated heterocycles. The summed E-state index contributed by atoms with van der Waals surface area (Å²) >= 11 is 0. The molecular formula is C16H21NO3. The maximum atomic E-state index is 12.1. The van der Waals surface area contributed by atoms with Gasteiger partial charge in [-0.05, 0) is 30.9 Å². The van der Waals surface area contributed by atoms with Crippen LogP contribution in [0.1, 0.15) is 32.1 Å². The van der Waals surface area contributed by atoms with Crippen molar-refractivity contribution in [2.45, 2.75) is 38.2 Å². The molecule has 4 heteroatoms. The maximum absolute atomic E-state index is 12.1. The Morgan fingerprint density at radius 1 is 1.15 bits per heavy atom. The number of fused-ring (bicyclic) bond motifs is 1. The number of para-hydroxylation sites is 2. The van der Waals surface area contributed by atoms with Crippen LogP contribution in [0.2, 0.25) is 0 Å². The first-order chi connectivity index (χ1) is 9.83. The van der Waals surface area contributed by atoms with Crippen molar-refractivity contribution in [3.8, 4) is 11.5 Å². The molecule has 20 heavy (non-hydrogen) atoms. The monoisotopic (exact) mass is 275 g/mol. The van der Waals surface area contributed by atoms with Crippen LogP contribution in [-0.4, -0.2) is 25.2 Å². The van der Waals surface area contributed by atoms with Crippen LogP contribution < -0.4 is 14.8 Å². The highest BCUT2D eigenvalue weighted by atomic mass is 16.6. The summed E-state index contributed by atoms with van der Waals surface area (Å²) in [5, 5.41) is 3.01. The number of ether oxygens (including phenoxy) is 2. The standard InChI is InChI=1S/C16H21NO3/c18-16(17-10-12-6-2-1-3-7-12)15-11-19-13-8-4-5-9-14(13)20-15/h4-5,8-9,12,15H,1-3,6-7,10-11H2,(H,17,18)/t15-/m0/s1. The second-order valence-electron chi connectivity index (χ2n) is 5.61. The quantitative estimate of drug-likeness (QED) is 0.922. The van der Waals surface area contributed by atoms with E-state index in [0.29, 0.717) is 17.4 Å². The lowest BCUT2D eigenvalue weighted by atomic mass is 9.89. The number of amides is 1.